The molecule has 2 aliphatic carbocycles. The fraction of sp³-hybridized carbons (Fsp3) is 0.429. The van der Waals surface area contributed by atoms with E-state index in [0.717, 1.165) is 31.2 Å². The summed E-state index contributed by atoms with van der Waals surface area (Å²) in [5.74, 6) is -0.152. The van der Waals surface area contributed by atoms with Crippen LogP contribution in [-0.2, 0) is 15.0 Å². The first kappa shape index (κ1) is 12.5. The van der Waals surface area contributed by atoms with Crippen LogP contribution in [0.2, 0.25) is 5.02 Å². The van der Waals surface area contributed by atoms with Gasteiger partial charge in [-0.05, 0) is 43.4 Å². The average molecular weight is 279 g/mol. The highest BCUT2D eigenvalue weighted by Gasteiger charge is 2.51. The van der Waals surface area contributed by atoms with Crippen molar-refractivity contribution in [2.24, 2.45) is 5.92 Å². The summed E-state index contributed by atoms with van der Waals surface area (Å²) in [6, 6.07) is 7.35. The van der Waals surface area contributed by atoms with Gasteiger partial charge in [-0.15, -0.1) is 0 Å². The zero-order chi connectivity index (χ0) is 13.5. The van der Waals surface area contributed by atoms with Gasteiger partial charge < -0.3 is 0 Å². The van der Waals surface area contributed by atoms with Crippen LogP contribution in [-0.4, -0.2) is 11.8 Å². The van der Waals surface area contributed by atoms with Crippen molar-refractivity contribution < 1.29 is 9.59 Å². The normalized spacial score (nSPS) is 19.6. The van der Waals surface area contributed by atoms with Crippen LogP contribution in [0.4, 0.5) is 0 Å². The van der Waals surface area contributed by atoms with Crippen LogP contribution in [0.5, 0.6) is 0 Å². The molecule has 0 aromatic heterocycles. The first-order valence-corrected chi connectivity index (χ1v) is 6.86. The molecule has 0 bridgehead atoms. The first-order valence-electron chi connectivity index (χ1n) is 6.48. The van der Waals surface area contributed by atoms with Crippen LogP contribution in [0.1, 0.15) is 31.2 Å². The zero-order valence-electron chi connectivity index (χ0n) is 10.4. The molecule has 0 aliphatic heterocycles. The van der Waals surface area contributed by atoms with Gasteiger partial charge in [-0.1, -0.05) is 23.7 Å². The number of halogens is 1. The minimum atomic E-state index is -0.512. The third-order valence-corrected chi connectivity index (χ3v) is 4.04. The van der Waals surface area contributed by atoms with Gasteiger partial charge in [0, 0.05) is 10.9 Å². The summed E-state index contributed by atoms with van der Waals surface area (Å²) >= 11 is 5.96. The number of hydrogen-bond acceptors (Lipinski definition) is 2. The van der Waals surface area contributed by atoms with E-state index in [1.807, 2.05) is 18.2 Å². The fourth-order valence-electron chi connectivity index (χ4n) is 2.24. The largest absolute Gasteiger partial charge is 0.273 e. The van der Waals surface area contributed by atoms with E-state index < -0.39 is 5.41 Å². The van der Waals surface area contributed by atoms with Crippen molar-refractivity contribution in [3.05, 3.63) is 34.9 Å². The number of rotatable bonds is 3. The number of nitrogens with one attached hydrogen (secondary N) is 2. The number of amides is 2. The predicted octanol–water partition coefficient (Wildman–Crippen LogP) is 1.93. The van der Waals surface area contributed by atoms with Crippen LogP contribution in [0.3, 0.4) is 0 Å². The maximum atomic E-state index is 12.2. The molecule has 1 aromatic carbocycles. The average Bonchev–Trinajstić information content (AvgIpc) is 3.29. The van der Waals surface area contributed by atoms with E-state index in [-0.39, 0.29) is 17.7 Å². The third kappa shape index (κ3) is 2.45. The molecule has 5 heteroatoms. The summed E-state index contributed by atoms with van der Waals surface area (Å²) in [6.07, 6.45) is 3.42. The molecule has 100 valence electrons. The van der Waals surface area contributed by atoms with E-state index in [1.54, 1.807) is 6.07 Å². The van der Waals surface area contributed by atoms with Gasteiger partial charge in [0.2, 0.25) is 11.8 Å². The Balaban J connectivity index is 1.66. The van der Waals surface area contributed by atoms with Gasteiger partial charge in [0.25, 0.3) is 0 Å². The summed E-state index contributed by atoms with van der Waals surface area (Å²) in [6.45, 7) is 0. The number of benzene rings is 1. The molecule has 2 N–H and O–H groups in total. The van der Waals surface area contributed by atoms with Gasteiger partial charge in [-0.25, -0.2) is 0 Å². The van der Waals surface area contributed by atoms with Crippen LogP contribution >= 0.6 is 11.6 Å². The highest BCUT2D eigenvalue weighted by atomic mass is 35.5. The van der Waals surface area contributed by atoms with Crippen molar-refractivity contribution in [3.63, 3.8) is 0 Å². The molecule has 3 rings (SSSR count). The highest BCUT2D eigenvalue weighted by Crippen LogP contribution is 2.48. The Bertz CT molecular complexity index is 536. The molecule has 2 saturated carbocycles. The molecule has 2 aliphatic rings. The smallest absolute Gasteiger partial charge is 0.249 e. The minimum absolute atomic E-state index is 0.0848. The molecular formula is C14H15ClN2O2. The van der Waals surface area contributed by atoms with Crippen molar-refractivity contribution in [3.8, 4) is 0 Å². The summed E-state index contributed by atoms with van der Waals surface area (Å²) in [5.41, 5.74) is 5.45. The lowest BCUT2D eigenvalue weighted by atomic mass is 9.95. The topological polar surface area (TPSA) is 58.2 Å². The van der Waals surface area contributed by atoms with Crippen LogP contribution in [0.25, 0.3) is 0 Å². The SMILES string of the molecule is O=C(NNC(=O)C1(c2cccc(Cl)c2)CC1)C1CC1. The molecule has 2 amide bonds. The lowest BCUT2D eigenvalue weighted by Crippen LogP contribution is -2.47. The summed E-state index contributed by atoms with van der Waals surface area (Å²) < 4.78 is 0. The molecule has 0 heterocycles. The number of carbonyl (C=O) groups is 2. The summed E-state index contributed by atoms with van der Waals surface area (Å²) in [4.78, 5) is 23.7. The van der Waals surface area contributed by atoms with Gasteiger partial charge in [0.1, 0.15) is 0 Å². The fourth-order valence-corrected chi connectivity index (χ4v) is 2.43. The molecule has 0 unspecified atom stereocenters. The van der Waals surface area contributed by atoms with Crippen LogP contribution in [0.15, 0.2) is 24.3 Å². The lowest BCUT2D eigenvalue weighted by Gasteiger charge is -2.16. The summed E-state index contributed by atoms with van der Waals surface area (Å²) in [5, 5.41) is 0.624. The second kappa shape index (κ2) is 4.53. The molecule has 4 nitrogen and oxygen atoms in total. The van der Waals surface area contributed by atoms with Gasteiger partial charge in [-0.3, -0.25) is 20.4 Å². The zero-order valence-corrected chi connectivity index (χ0v) is 11.2. The first-order chi connectivity index (χ1) is 9.12. The molecule has 19 heavy (non-hydrogen) atoms. The second-order valence-electron chi connectivity index (χ2n) is 5.31. The van der Waals surface area contributed by atoms with E-state index in [9.17, 15) is 9.59 Å². The number of carbonyl (C=O) groups excluding carboxylic acids is 2. The van der Waals surface area contributed by atoms with Crippen molar-refractivity contribution >= 4 is 23.4 Å². The standard InChI is InChI=1S/C14H15ClN2O2/c15-11-3-1-2-10(8-11)14(6-7-14)13(19)17-16-12(18)9-4-5-9/h1-3,8-9H,4-7H2,(H,16,18)(H,17,19). The Morgan fingerprint density at radius 1 is 1.21 bits per heavy atom. The Morgan fingerprint density at radius 2 is 1.95 bits per heavy atom. The Hall–Kier alpha value is -1.55. The van der Waals surface area contributed by atoms with Crippen LogP contribution in [0, 0.1) is 5.92 Å². The lowest BCUT2D eigenvalue weighted by molar-refractivity contribution is -0.130. The number of hydrazine groups is 1. The molecule has 1 aromatic rings. The Labute approximate surface area is 116 Å². The molecule has 2 fully saturated rings. The monoisotopic (exact) mass is 278 g/mol. The Kier molecular flexibility index (Phi) is 2.97. The van der Waals surface area contributed by atoms with E-state index >= 15 is 0 Å². The Morgan fingerprint density at radius 3 is 2.53 bits per heavy atom. The maximum Gasteiger partial charge on any atom is 0.249 e. The van der Waals surface area contributed by atoms with Gasteiger partial charge >= 0.3 is 0 Å². The molecule has 0 spiro atoms. The van der Waals surface area contributed by atoms with Crippen LogP contribution < -0.4 is 10.9 Å². The van der Waals surface area contributed by atoms with Gasteiger partial charge in [-0.2, -0.15) is 0 Å². The van der Waals surface area contributed by atoms with E-state index in [2.05, 4.69) is 10.9 Å². The maximum absolute atomic E-state index is 12.2. The van der Waals surface area contributed by atoms with Crippen molar-refractivity contribution in [1.29, 1.82) is 0 Å². The minimum Gasteiger partial charge on any atom is -0.273 e. The molecular weight excluding hydrogens is 264 g/mol. The highest BCUT2D eigenvalue weighted by molar-refractivity contribution is 6.30. The predicted molar refractivity (Wildman–Crippen MR) is 71.4 cm³/mol. The number of hydrogen-bond donors (Lipinski definition) is 2. The van der Waals surface area contributed by atoms with E-state index in [1.165, 1.54) is 0 Å². The quantitative estimate of drug-likeness (QED) is 0.830. The molecule has 0 saturated heterocycles. The van der Waals surface area contributed by atoms with E-state index in [0.29, 0.717) is 5.02 Å². The summed E-state index contributed by atoms with van der Waals surface area (Å²) in [7, 11) is 0. The third-order valence-electron chi connectivity index (χ3n) is 3.81. The second-order valence-corrected chi connectivity index (χ2v) is 5.75. The van der Waals surface area contributed by atoms with E-state index in [4.69, 9.17) is 11.6 Å². The van der Waals surface area contributed by atoms with Gasteiger partial charge in [0.15, 0.2) is 0 Å². The molecule has 0 atom stereocenters. The van der Waals surface area contributed by atoms with Crippen molar-refractivity contribution in [1.82, 2.24) is 10.9 Å². The van der Waals surface area contributed by atoms with Crippen molar-refractivity contribution in [2.45, 2.75) is 31.1 Å². The van der Waals surface area contributed by atoms with Gasteiger partial charge in [0.05, 0.1) is 5.41 Å². The molecule has 0 radical (unpaired) electrons. The van der Waals surface area contributed by atoms with Crippen molar-refractivity contribution in [2.75, 3.05) is 0 Å².